The zero-order chi connectivity index (χ0) is 24.9. The van der Waals surface area contributed by atoms with Gasteiger partial charge in [0.05, 0.1) is 18.5 Å². The number of aromatic nitrogens is 2. The van der Waals surface area contributed by atoms with Crippen LogP contribution in [0.15, 0.2) is 79.0 Å². The van der Waals surface area contributed by atoms with Gasteiger partial charge in [0.25, 0.3) is 0 Å². The van der Waals surface area contributed by atoms with Gasteiger partial charge in [0, 0.05) is 37.7 Å². The molecular weight excluding hydrogens is 449 g/mol. The van der Waals surface area contributed by atoms with Crippen LogP contribution in [0.4, 0.5) is 4.39 Å². The Morgan fingerprint density at radius 1 is 1.00 bits per heavy atom. The van der Waals surface area contributed by atoms with E-state index in [0.717, 1.165) is 68.3 Å². The largest absolute Gasteiger partial charge is 0.493 e. The Hall–Kier alpha value is -3.44. The number of ether oxygens (including phenoxy) is 1. The summed E-state index contributed by atoms with van der Waals surface area (Å²) in [6, 6.07) is 24.1. The molecule has 1 aliphatic rings. The molecular formula is C31H34FN3O. The monoisotopic (exact) mass is 483 g/mol. The summed E-state index contributed by atoms with van der Waals surface area (Å²) in [5, 5.41) is 0. The molecule has 36 heavy (non-hydrogen) atoms. The quantitative estimate of drug-likeness (QED) is 0.239. The van der Waals surface area contributed by atoms with Gasteiger partial charge in [-0.15, -0.1) is 0 Å². The summed E-state index contributed by atoms with van der Waals surface area (Å²) in [6.45, 7) is 7.72. The second-order valence-electron chi connectivity index (χ2n) is 9.63. The molecule has 1 unspecified atom stereocenters. The van der Waals surface area contributed by atoms with E-state index in [4.69, 9.17) is 9.72 Å². The molecule has 4 nitrogen and oxygen atoms in total. The number of hydrogen-bond donors (Lipinski definition) is 0. The first kappa shape index (κ1) is 24.3. The summed E-state index contributed by atoms with van der Waals surface area (Å²) in [6.07, 6.45) is 5.08. The number of benzene rings is 3. The van der Waals surface area contributed by atoms with Crippen LogP contribution in [-0.4, -0.2) is 21.1 Å². The summed E-state index contributed by atoms with van der Waals surface area (Å²) in [7, 11) is 0. The Bertz CT molecular complexity index is 1300. The molecule has 0 saturated carbocycles. The Morgan fingerprint density at radius 2 is 1.83 bits per heavy atom. The first-order valence-electron chi connectivity index (χ1n) is 13.0. The van der Waals surface area contributed by atoms with Gasteiger partial charge in [-0.1, -0.05) is 67.9 Å². The lowest BCUT2D eigenvalue weighted by atomic mass is 10.1. The van der Waals surface area contributed by atoms with Crippen molar-refractivity contribution in [1.29, 1.82) is 0 Å². The molecule has 5 rings (SSSR count). The fraction of sp³-hybridized carbons (Fsp3) is 0.323. The third-order valence-electron chi connectivity index (χ3n) is 7.05. The topological polar surface area (TPSA) is 30.3 Å². The van der Waals surface area contributed by atoms with E-state index in [1.54, 1.807) is 12.1 Å². The van der Waals surface area contributed by atoms with E-state index in [0.29, 0.717) is 0 Å². The molecule has 0 spiro atoms. The number of fused-ring (bicyclic) bond motifs is 1. The Kier molecular flexibility index (Phi) is 7.47. The first-order valence-corrected chi connectivity index (χ1v) is 13.0. The summed E-state index contributed by atoms with van der Waals surface area (Å²) in [4.78, 5) is 7.30. The maximum atomic E-state index is 14.1. The maximum absolute atomic E-state index is 14.1. The second-order valence-corrected chi connectivity index (χ2v) is 9.63. The molecule has 0 bridgehead atoms. The van der Waals surface area contributed by atoms with Crippen LogP contribution in [0.3, 0.4) is 0 Å². The van der Waals surface area contributed by atoms with Crippen LogP contribution in [0.2, 0.25) is 0 Å². The predicted molar refractivity (Wildman–Crippen MR) is 142 cm³/mol. The van der Waals surface area contributed by atoms with Crippen molar-refractivity contribution in [2.75, 3.05) is 6.61 Å². The van der Waals surface area contributed by atoms with Gasteiger partial charge >= 0.3 is 0 Å². The molecule has 0 aliphatic carbocycles. The van der Waals surface area contributed by atoms with Crippen molar-refractivity contribution < 1.29 is 9.13 Å². The van der Waals surface area contributed by atoms with Gasteiger partial charge in [-0.2, -0.15) is 0 Å². The van der Waals surface area contributed by atoms with E-state index in [2.05, 4.69) is 71.8 Å². The highest BCUT2D eigenvalue weighted by molar-refractivity contribution is 5.56. The molecule has 0 saturated heterocycles. The summed E-state index contributed by atoms with van der Waals surface area (Å²) in [5.41, 5.74) is 5.83. The van der Waals surface area contributed by atoms with Gasteiger partial charge in [-0.3, -0.25) is 4.90 Å². The van der Waals surface area contributed by atoms with Crippen LogP contribution in [0.25, 0.3) is 11.4 Å². The zero-order valence-electron chi connectivity index (χ0n) is 21.2. The van der Waals surface area contributed by atoms with Crippen molar-refractivity contribution in [3.8, 4) is 17.1 Å². The van der Waals surface area contributed by atoms with Crippen LogP contribution in [0.1, 0.15) is 55.1 Å². The van der Waals surface area contributed by atoms with Gasteiger partial charge in [-0.25, -0.2) is 9.37 Å². The molecule has 2 heterocycles. The second kappa shape index (κ2) is 11.1. The average Bonchev–Trinajstić information content (AvgIpc) is 3.54. The number of imidazole rings is 1. The standard InChI is InChI=1S/C31H34FN3O/c1-3-4-16-35-29(20-33-31(35)27-11-8-12-28(32)19-27)23(2)34(21-24-9-6-5-7-10-24)22-25-13-14-30-26(18-25)15-17-36-30/h5-14,18-20,23H,3-4,15-17,21-22H2,1-2H3. The Balaban J connectivity index is 1.50. The first-order chi connectivity index (χ1) is 17.6. The highest BCUT2D eigenvalue weighted by atomic mass is 19.1. The Morgan fingerprint density at radius 3 is 2.64 bits per heavy atom. The number of nitrogens with zero attached hydrogens (tertiary/aromatic N) is 3. The normalized spacial score (nSPS) is 13.6. The van der Waals surface area contributed by atoms with Gasteiger partial charge in [0.1, 0.15) is 17.4 Å². The van der Waals surface area contributed by atoms with Crippen LogP contribution < -0.4 is 4.74 Å². The fourth-order valence-electron chi connectivity index (χ4n) is 5.04. The number of unbranched alkanes of at least 4 members (excludes halogenated alkanes) is 1. The molecule has 5 heteroatoms. The molecule has 1 atom stereocenters. The SMILES string of the molecule is CCCCn1c(C(C)N(Cc2ccccc2)Cc2ccc3c(c2)CCO3)cnc1-c1cccc(F)c1. The zero-order valence-corrected chi connectivity index (χ0v) is 21.2. The number of rotatable bonds is 10. The predicted octanol–water partition coefficient (Wildman–Crippen LogP) is 7.19. The number of hydrogen-bond acceptors (Lipinski definition) is 3. The maximum Gasteiger partial charge on any atom is 0.140 e. The molecule has 0 fully saturated rings. The number of halogens is 1. The molecule has 3 aromatic carbocycles. The minimum Gasteiger partial charge on any atom is -0.493 e. The van der Waals surface area contributed by atoms with E-state index in [1.165, 1.54) is 22.8 Å². The lowest BCUT2D eigenvalue weighted by molar-refractivity contribution is 0.184. The lowest BCUT2D eigenvalue weighted by Gasteiger charge is -2.30. The van der Waals surface area contributed by atoms with Crippen LogP contribution >= 0.6 is 0 Å². The molecule has 4 aromatic rings. The van der Waals surface area contributed by atoms with E-state index in [-0.39, 0.29) is 11.9 Å². The van der Waals surface area contributed by atoms with E-state index in [1.807, 2.05) is 12.3 Å². The van der Waals surface area contributed by atoms with Gasteiger partial charge in [0.15, 0.2) is 0 Å². The van der Waals surface area contributed by atoms with Crippen molar-refractivity contribution >= 4 is 0 Å². The summed E-state index contributed by atoms with van der Waals surface area (Å²) in [5.74, 6) is 1.61. The smallest absolute Gasteiger partial charge is 0.140 e. The minimum absolute atomic E-state index is 0.112. The summed E-state index contributed by atoms with van der Waals surface area (Å²) >= 11 is 0. The van der Waals surface area contributed by atoms with Crippen LogP contribution in [-0.2, 0) is 26.1 Å². The van der Waals surface area contributed by atoms with E-state index in [9.17, 15) is 4.39 Å². The van der Waals surface area contributed by atoms with Gasteiger partial charge in [0.2, 0.25) is 0 Å². The minimum atomic E-state index is -0.238. The molecule has 0 amide bonds. The lowest BCUT2D eigenvalue weighted by Crippen LogP contribution is -2.28. The molecule has 1 aliphatic heterocycles. The van der Waals surface area contributed by atoms with Crippen molar-refractivity contribution in [2.45, 2.75) is 58.8 Å². The molecule has 0 N–H and O–H groups in total. The molecule has 186 valence electrons. The summed E-state index contributed by atoms with van der Waals surface area (Å²) < 4.78 is 22.1. The molecule has 0 radical (unpaired) electrons. The van der Waals surface area contributed by atoms with Crippen molar-refractivity contribution in [1.82, 2.24) is 14.5 Å². The van der Waals surface area contributed by atoms with Gasteiger partial charge < -0.3 is 9.30 Å². The highest BCUT2D eigenvalue weighted by Crippen LogP contribution is 2.31. The van der Waals surface area contributed by atoms with Crippen molar-refractivity contribution in [3.63, 3.8) is 0 Å². The van der Waals surface area contributed by atoms with Crippen molar-refractivity contribution in [3.05, 3.63) is 107 Å². The fourth-order valence-corrected chi connectivity index (χ4v) is 5.04. The average molecular weight is 484 g/mol. The highest BCUT2D eigenvalue weighted by Gasteiger charge is 2.23. The van der Waals surface area contributed by atoms with Crippen LogP contribution in [0.5, 0.6) is 5.75 Å². The van der Waals surface area contributed by atoms with E-state index < -0.39 is 0 Å². The van der Waals surface area contributed by atoms with Crippen molar-refractivity contribution in [2.24, 2.45) is 0 Å². The van der Waals surface area contributed by atoms with Gasteiger partial charge in [-0.05, 0) is 48.2 Å². The third-order valence-corrected chi connectivity index (χ3v) is 7.05. The Labute approximate surface area is 213 Å². The van der Waals surface area contributed by atoms with Crippen LogP contribution in [0, 0.1) is 5.82 Å². The molecule has 1 aromatic heterocycles. The van der Waals surface area contributed by atoms with E-state index >= 15 is 0 Å². The third kappa shape index (κ3) is 5.36.